The van der Waals surface area contributed by atoms with Gasteiger partial charge in [-0.15, -0.1) is 5.10 Å². The highest BCUT2D eigenvalue weighted by atomic mass is 16.3. The second kappa shape index (κ2) is 4.41. The quantitative estimate of drug-likeness (QED) is 0.587. The van der Waals surface area contributed by atoms with Crippen molar-refractivity contribution in [1.29, 1.82) is 0 Å². The molecule has 7 heteroatoms. The van der Waals surface area contributed by atoms with Crippen LogP contribution >= 0.6 is 0 Å². The number of hydrogen-bond acceptors (Lipinski definition) is 5. The van der Waals surface area contributed by atoms with E-state index >= 15 is 0 Å². The Labute approximate surface area is 117 Å². The van der Waals surface area contributed by atoms with Crippen LogP contribution < -0.4 is 5.32 Å². The molecule has 0 saturated carbocycles. The molecule has 1 amide bonds. The largest absolute Gasteiger partial charge is 0.451 e. The Morgan fingerprint density at radius 2 is 2.05 bits per heavy atom. The molecule has 2 N–H and O–H groups in total. The van der Waals surface area contributed by atoms with Crippen molar-refractivity contribution in [1.82, 2.24) is 20.6 Å². The molecule has 7 nitrogen and oxygen atoms in total. The summed E-state index contributed by atoms with van der Waals surface area (Å²) in [5, 5.41) is 18.5. The first-order valence-electron chi connectivity index (χ1n) is 6.27. The number of H-pyrrole nitrogens is 1. The van der Waals surface area contributed by atoms with Gasteiger partial charge >= 0.3 is 0 Å². The van der Waals surface area contributed by atoms with Gasteiger partial charge in [-0.25, -0.2) is 0 Å². The average molecular weight is 279 g/mol. The molecule has 21 heavy (non-hydrogen) atoms. The van der Waals surface area contributed by atoms with Crippen molar-refractivity contribution >= 4 is 33.6 Å². The minimum absolute atomic E-state index is 0.102. The third-order valence-electron chi connectivity index (χ3n) is 3.22. The number of benzene rings is 2. The van der Waals surface area contributed by atoms with Crippen molar-refractivity contribution in [2.75, 3.05) is 5.32 Å². The van der Waals surface area contributed by atoms with Crippen LogP contribution in [-0.4, -0.2) is 26.5 Å². The third-order valence-corrected chi connectivity index (χ3v) is 3.22. The number of aromatic amines is 1. The number of amides is 1. The number of carbonyl (C=O) groups excluding carboxylic acids is 1. The second-order valence-electron chi connectivity index (χ2n) is 4.50. The summed E-state index contributed by atoms with van der Waals surface area (Å²) in [4.78, 5) is 12.1. The molecule has 2 aromatic carbocycles. The standard InChI is InChI=1S/C14H9N5O2/c20-13(15-14-16-18-19-17-14)12-7-10-9-4-2-1-3-8(9)5-6-11(10)21-12/h1-7H,(H2,15,16,17,18,19,20). The zero-order valence-electron chi connectivity index (χ0n) is 10.7. The molecule has 0 unspecified atom stereocenters. The maximum atomic E-state index is 12.1. The summed E-state index contributed by atoms with van der Waals surface area (Å²) >= 11 is 0. The third kappa shape index (κ3) is 1.91. The molecule has 0 bridgehead atoms. The summed E-state index contributed by atoms with van der Waals surface area (Å²) in [6.45, 7) is 0. The van der Waals surface area contributed by atoms with E-state index in [1.54, 1.807) is 6.07 Å². The highest BCUT2D eigenvalue weighted by Gasteiger charge is 2.15. The van der Waals surface area contributed by atoms with E-state index in [0.29, 0.717) is 5.58 Å². The van der Waals surface area contributed by atoms with Crippen molar-refractivity contribution in [2.24, 2.45) is 0 Å². The monoisotopic (exact) mass is 279 g/mol. The molecule has 4 aromatic rings. The van der Waals surface area contributed by atoms with Gasteiger partial charge in [0, 0.05) is 5.39 Å². The van der Waals surface area contributed by atoms with Crippen LogP contribution in [0, 0.1) is 0 Å². The van der Waals surface area contributed by atoms with E-state index in [2.05, 4.69) is 25.9 Å². The highest BCUT2D eigenvalue weighted by Crippen LogP contribution is 2.28. The van der Waals surface area contributed by atoms with Crippen LogP contribution in [0.1, 0.15) is 10.6 Å². The van der Waals surface area contributed by atoms with Gasteiger partial charge in [0.25, 0.3) is 11.9 Å². The molecule has 2 aromatic heterocycles. The molecule has 0 aliphatic heterocycles. The van der Waals surface area contributed by atoms with Gasteiger partial charge < -0.3 is 4.42 Å². The summed E-state index contributed by atoms with van der Waals surface area (Å²) in [5.41, 5.74) is 0.659. The lowest BCUT2D eigenvalue weighted by Crippen LogP contribution is -2.11. The first-order chi connectivity index (χ1) is 10.3. The first kappa shape index (κ1) is 11.6. The van der Waals surface area contributed by atoms with Gasteiger partial charge in [-0.1, -0.05) is 35.4 Å². The van der Waals surface area contributed by atoms with Gasteiger partial charge in [0.05, 0.1) is 0 Å². The lowest BCUT2D eigenvalue weighted by Gasteiger charge is -1.96. The van der Waals surface area contributed by atoms with E-state index < -0.39 is 5.91 Å². The van der Waals surface area contributed by atoms with Crippen LogP contribution in [0.2, 0.25) is 0 Å². The lowest BCUT2D eigenvalue weighted by molar-refractivity contribution is 0.0998. The van der Waals surface area contributed by atoms with Crippen LogP contribution in [0.5, 0.6) is 0 Å². The fourth-order valence-electron chi connectivity index (χ4n) is 2.28. The number of hydrogen-bond donors (Lipinski definition) is 2. The number of tetrazole rings is 1. The van der Waals surface area contributed by atoms with Crippen LogP contribution in [0.25, 0.3) is 21.7 Å². The van der Waals surface area contributed by atoms with Gasteiger partial charge in [0.2, 0.25) is 0 Å². The molecular formula is C14H9N5O2. The number of furan rings is 1. The predicted octanol–water partition coefficient (Wildman–Crippen LogP) is 2.35. The van der Waals surface area contributed by atoms with Crippen molar-refractivity contribution in [2.45, 2.75) is 0 Å². The number of nitrogens with zero attached hydrogens (tertiary/aromatic N) is 3. The molecule has 0 atom stereocenters. The van der Waals surface area contributed by atoms with E-state index in [9.17, 15) is 4.79 Å². The van der Waals surface area contributed by atoms with Crippen molar-refractivity contribution in [3.8, 4) is 0 Å². The van der Waals surface area contributed by atoms with Crippen LogP contribution in [-0.2, 0) is 0 Å². The van der Waals surface area contributed by atoms with Crippen molar-refractivity contribution in [3.63, 3.8) is 0 Å². The van der Waals surface area contributed by atoms with Crippen LogP contribution in [0.4, 0.5) is 5.95 Å². The fourth-order valence-corrected chi connectivity index (χ4v) is 2.28. The number of fused-ring (bicyclic) bond motifs is 3. The van der Waals surface area contributed by atoms with Crippen LogP contribution in [0.3, 0.4) is 0 Å². The summed E-state index contributed by atoms with van der Waals surface area (Å²) in [7, 11) is 0. The normalized spacial score (nSPS) is 11.0. The van der Waals surface area contributed by atoms with Crippen LogP contribution in [0.15, 0.2) is 46.9 Å². The molecular weight excluding hydrogens is 270 g/mol. The summed E-state index contributed by atoms with van der Waals surface area (Å²) in [6.07, 6.45) is 0. The Hall–Kier alpha value is -3.22. The molecule has 2 heterocycles. The minimum atomic E-state index is -0.420. The average Bonchev–Trinajstić information content (AvgIpc) is 3.15. The van der Waals surface area contributed by atoms with E-state index in [-0.39, 0.29) is 11.7 Å². The van der Waals surface area contributed by atoms with E-state index in [1.807, 2.05) is 36.4 Å². The molecule has 0 radical (unpaired) electrons. The minimum Gasteiger partial charge on any atom is -0.451 e. The Bertz CT molecular complexity index is 942. The number of anilines is 1. The Morgan fingerprint density at radius 1 is 1.14 bits per heavy atom. The Morgan fingerprint density at radius 3 is 2.90 bits per heavy atom. The van der Waals surface area contributed by atoms with Crippen molar-refractivity contribution in [3.05, 3.63) is 48.2 Å². The molecule has 102 valence electrons. The highest BCUT2D eigenvalue weighted by molar-refractivity contribution is 6.10. The fraction of sp³-hybridized carbons (Fsp3) is 0. The molecule has 0 aliphatic rings. The molecule has 0 aliphatic carbocycles. The maximum absolute atomic E-state index is 12.1. The Balaban J connectivity index is 1.80. The van der Waals surface area contributed by atoms with Crippen molar-refractivity contribution < 1.29 is 9.21 Å². The zero-order valence-corrected chi connectivity index (χ0v) is 10.7. The smallest absolute Gasteiger partial charge is 0.293 e. The second-order valence-corrected chi connectivity index (χ2v) is 4.50. The Kier molecular flexibility index (Phi) is 2.43. The SMILES string of the molecule is O=C(Nc1nn[nH]n1)c1cc2c(ccc3ccccc32)o1. The van der Waals surface area contributed by atoms with E-state index in [0.717, 1.165) is 16.2 Å². The van der Waals surface area contributed by atoms with Gasteiger partial charge in [0.1, 0.15) is 5.58 Å². The number of aromatic nitrogens is 4. The maximum Gasteiger partial charge on any atom is 0.293 e. The molecule has 4 rings (SSSR count). The van der Waals surface area contributed by atoms with Gasteiger partial charge in [-0.05, 0) is 28.1 Å². The van der Waals surface area contributed by atoms with Gasteiger partial charge in [-0.2, -0.15) is 5.21 Å². The van der Waals surface area contributed by atoms with Gasteiger partial charge in [0.15, 0.2) is 5.76 Å². The van der Waals surface area contributed by atoms with Gasteiger partial charge in [-0.3, -0.25) is 10.1 Å². The summed E-state index contributed by atoms with van der Waals surface area (Å²) in [6, 6.07) is 13.5. The topological polar surface area (TPSA) is 96.7 Å². The summed E-state index contributed by atoms with van der Waals surface area (Å²) in [5.74, 6) is -0.117. The number of carbonyl (C=O) groups is 1. The zero-order chi connectivity index (χ0) is 14.2. The number of rotatable bonds is 2. The number of nitrogens with one attached hydrogen (secondary N) is 2. The van der Waals surface area contributed by atoms with E-state index in [1.165, 1.54) is 0 Å². The molecule has 0 fully saturated rings. The first-order valence-corrected chi connectivity index (χ1v) is 6.27. The molecule has 0 saturated heterocycles. The van der Waals surface area contributed by atoms with E-state index in [4.69, 9.17) is 4.42 Å². The lowest BCUT2D eigenvalue weighted by atomic mass is 10.1. The predicted molar refractivity (Wildman–Crippen MR) is 75.9 cm³/mol. The molecule has 0 spiro atoms. The summed E-state index contributed by atoms with van der Waals surface area (Å²) < 4.78 is 5.59.